The largest absolute Gasteiger partial charge is 0.468 e. The van der Waals surface area contributed by atoms with Crippen molar-refractivity contribution in [3.63, 3.8) is 0 Å². The molecule has 0 aliphatic rings. The van der Waals surface area contributed by atoms with E-state index in [0.717, 1.165) is 11.3 Å². The van der Waals surface area contributed by atoms with E-state index in [1.165, 1.54) is 0 Å². The summed E-state index contributed by atoms with van der Waals surface area (Å²) in [7, 11) is 0. The maximum absolute atomic E-state index is 5.27. The molecule has 1 rings (SSSR count). The van der Waals surface area contributed by atoms with Gasteiger partial charge in [-0.05, 0) is 18.6 Å². The summed E-state index contributed by atoms with van der Waals surface area (Å²) in [6.07, 6.45) is 1.70. The zero-order chi connectivity index (χ0) is 5.98. The van der Waals surface area contributed by atoms with Crippen LogP contribution in [0.3, 0.4) is 0 Å². The lowest BCUT2D eigenvalue weighted by Gasteiger charge is -1.80. The van der Waals surface area contributed by atoms with Crippen LogP contribution in [0.4, 0.5) is 0 Å². The smallest absolute Gasteiger partial charge is 0.117 e. The average Bonchev–Trinajstić information content (AvgIpc) is 2.14. The van der Waals surface area contributed by atoms with Crippen molar-refractivity contribution in [3.8, 4) is 0 Å². The molecule has 2 N–H and O–H groups in total. The summed E-state index contributed by atoms with van der Waals surface area (Å²) in [6, 6.07) is 1.93. The summed E-state index contributed by atoms with van der Waals surface area (Å²) in [4.78, 5) is 0. The Kier molecular flexibility index (Phi) is 1.35. The van der Waals surface area contributed by atoms with Gasteiger partial charge in [0.2, 0.25) is 0 Å². The molecule has 1 heterocycles. The second kappa shape index (κ2) is 2.01. The molecule has 2 heteroatoms. The first-order valence-corrected chi connectivity index (χ1v) is 2.57. The van der Waals surface area contributed by atoms with Gasteiger partial charge in [0, 0.05) is 0 Å². The lowest BCUT2D eigenvalue weighted by molar-refractivity contribution is 0.511. The molecule has 0 fully saturated rings. The van der Waals surface area contributed by atoms with Crippen LogP contribution in [0.2, 0.25) is 0 Å². The predicted octanol–water partition coefficient (Wildman–Crippen LogP) is 1.05. The zero-order valence-corrected chi connectivity index (χ0v) is 4.85. The van der Waals surface area contributed by atoms with Crippen LogP contribution in [0, 0.1) is 6.92 Å². The Labute approximate surface area is 48.3 Å². The molecule has 0 atom stereocenters. The molecule has 1 aromatic rings. The van der Waals surface area contributed by atoms with Crippen molar-refractivity contribution in [2.75, 3.05) is 0 Å². The van der Waals surface area contributed by atoms with Gasteiger partial charge in [-0.1, -0.05) is 0 Å². The molecular formula is C6H9NO. The number of hydrogen-bond acceptors (Lipinski definition) is 2. The van der Waals surface area contributed by atoms with Gasteiger partial charge >= 0.3 is 0 Å². The monoisotopic (exact) mass is 111 g/mol. The van der Waals surface area contributed by atoms with Crippen molar-refractivity contribution in [1.82, 2.24) is 0 Å². The van der Waals surface area contributed by atoms with E-state index >= 15 is 0 Å². The van der Waals surface area contributed by atoms with Crippen molar-refractivity contribution >= 4 is 0 Å². The standard InChI is InChI=1S/C6H9NO/c1-5-2-6(3-7)8-4-5/h2,4H,3,7H2,1H3. The topological polar surface area (TPSA) is 39.2 Å². The van der Waals surface area contributed by atoms with Crippen LogP contribution in [-0.4, -0.2) is 0 Å². The van der Waals surface area contributed by atoms with Crippen molar-refractivity contribution in [2.24, 2.45) is 5.73 Å². The van der Waals surface area contributed by atoms with Gasteiger partial charge in [-0.2, -0.15) is 0 Å². The molecule has 0 aromatic carbocycles. The third kappa shape index (κ3) is 0.898. The number of aryl methyl sites for hydroxylation is 1. The van der Waals surface area contributed by atoms with E-state index in [0.29, 0.717) is 6.54 Å². The van der Waals surface area contributed by atoms with Gasteiger partial charge in [-0.15, -0.1) is 0 Å². The van der Waals surface area contributed by atoms with Gasteiger partial charge in [0.25, 0.3) is 0 Å². The van der Waals surface area contributed by atoms with E-state index in [9.17, 15) is 0 Å². The minimum Gasteiger partial charge on any atom is -0.468 e. The van der Waals surface area contributed by atoms with Gasteiger partial charge in [0.05, 0.1) is 12.8 Å². The molecule has 2 nitrogen and oxygen atoms in total. The third-order valence-electron chi connectivity index (χ3n) is 0.986. The molecule has 0 aliphatic heterocycles. The molecule has 0 radical (unpaired) electrons. The summed E-state index contributed by atoms with van der Waals surface area (Å²) >= 11 is 0. The van der Waals surface area contributed by atoms with Crippen molar-refractivity contribution < 1.29 is 4.42 Å². The van der Waals surface area contributed by atoms with Crippen LogP contribution in [0.1, 0.15) is 11.3 Å². The first-order valence-electron chi connectivity index (χ1n) is 2.57. The summed E-state index contributed by atoms with van der Waals surface area (Å²) in [5.41, 5.74) is 6.40. The quantitative estimate of drug-likeness (QED) is 0.588. The van der Waals surface area contributed by atoms with Crippen LogP contribution < -0.4 is 5.73 Å². The van der Waals surface area contributed by atoms with E-state index in [4.69, 9.17) is 10.2 Å². The number of furan rings is 1. The lowest BCUT2D eigenvalue weighted by Crippen LogP contribution is -1.92. The zero-order valence-electron chi connectivity index (χ0n) is 4.85. The Bertz CT molecular complexity index is 169. The maximum atomic E-state index is 5.27. The summed E-state index contributed by atoms with van der Waals surface area (Å²) in [5, 5.41) is 0. The second-order valence-corrected chi connectivity index (χ2v) is 1.79. The fourth-order valence-corrected chi connectivity index (χ4v) is 0.598. The fraction of sp³-hybridized carbons (Fsp3) is 0.333. The van der Waals surface area contributed by atoms with Crippen LogP contribution in [-0.2, 0) is 6.54 Å². The lowest BCUT2D eigenvalue weighted by atomic mass is 10.3. The van der Waals surface area contributed by atoms with Gasteiger partial charge in [0.15, 0.2) is 0 Å². The normalized spacial score (nSPS) is 9.75. The molecule has 0 saturated carbocycles. The van der Waals surface area contributed by atoms with Gasteiger partial charge in [0.1, 0.15) is 5.76 Å². The molecule has 0 amide bonds. The SMILES string of the molecule is Cc1coc(CN)c1. The summed E-state index contributed by atoms with van der Waals surface area (Å²) in [5.74, 6) is 0.850. The van der Waals surface area contributed by atoms with Crippen LogP contribution >= 0.6 is 0 Å². The molecule has 0 saturated heterocycles. The van der Waals surface area contributed by atoms with Gasteiger partial charge in [-0.3, -0.25) is 0 Å². The number of nitrogens with two attached hydrogens (primary N) is 1. The first-order chi connectivity index (χ1) is 3.83. The Balaban J connectivity index is 2.84. The number of hydrogen-bond donors (Lipinski definition) is 1. The molecule has 44 valence electrons. The van der Waals surface area contributed by atoms with E-state index in [2.05, 4.69) is 0 Å². The molecule has 0 unspecified atom stereocenters. The van der Waals surface area contributed by atoms with Crippen LogP contribution in [0.25, 0.3) is 0 Å². The molecule has 8 heavy (non-hydrogen) atoms. The van der Waals surface area contributed by atoms with Crippen molar-refractivity contribution in [2.45, 2.75) is 13.5 Å². The van der Waals surface area contributed by atoms with Gasteiger partial charge in [-0.25, -0.2) is 0 Å². The Morgan fingerprint density at radius 2 is 2.50 bits per heavy atom. The predicted molar refractivity (Wildman–Crippen MR) is 31.3 cm³/mol. The van der Waals surface area contributed by atoms with E-state index in [1.54, 1.807) is 6.26 Å². The highest BCUT2D eigenvalue weighted by Gasteiger charge is 1.91. The Hall–Kier alpha value is -0.760. The van der Waals surface area contributed by atoms with E-state index in [1.807, 2.05) is 13.0 Å². The van der Waals surface area contributed by atoms with Gasteiger partial charge < -0.3 is 10.2 Å². The summed E-state index contributed by atoms with van der Waals surface area (Å²) in [6.45, 7) is 2.47. The molecule has 0 bridgehead atoms. The first kappa shape index (κ1) is 5.38. The van der Waals surface area contributed by atoms with Crippen LogP contribution in [0.15, 0.2) is 16.7 Å². The minimum atomic E-state index is 0.494. The average molecular weight is 111 g/mol. The fourth-order valence-electron chi connectivity index (χ4n) is 0.598. The third-order valence-corrected chi connectivity index (χ3v) is 0.986. The highest BCUT2D eigenvalue weighted by molar-refractivity contribution is 5.09. The Morgan fingerprint density at radius 3 is 2.75 bits per heavy atom. The second-order valence-electron chi connectivity index (χ2n) is 1.79. The summed E-state index contributed by atoms with van der Waals surface area (Å²) < 4.78 is 4.99. The molecule has 1 aromatic heterocycles. The molecule has 0 aliphatic carbocycles. The highest BCUT2D eigenvalue weighted by atomic mass is 16.3. The maximum Gasteiger partial charge on any atom is 0.117 e. The Morgan fingerprint density at radius 1 is 1.75 bits per heavy atom. The van der Waals surface area contributed by atoms with Crippen molar-refractivity contribution in [1.29, 1.82) is 0 Å². The molecular weight excluding hydrogens is 102 g/mol. The van der Waals surface area contributed by atoms with E-state index in [-0.39, 0.29) is 0 Å². The highest BCUT2D eigenvalue weighted by Crippen LogP contribution is 2.03. The van der Waals surface area contributed by atoms with E-state index < -0.39 is 0 Å². The van der Waals surface area contributed by atoms with Crippen LogP contribution in [0.5, 0.6) is 0 Å². The molecule has 0 spiro atoms. The number of rotatable bonds is 1. The minimum absolute atomic E-state index is 0.494. The van der Waals surface area contributed by atoms with Crippen molar-refractivity contribution in [3.05, 3.63) is 23.7 Å².